The molecule has 0 saturated carbocycles. The van der Waals surface area contributed by atoms with Gasteiger partial charge in [-0.3, -0.25) is 14.5 Å². The van der Waals surface area contributed by atoms with Crippen molar-refractivity contribution in [3.63, 3.8) is 0 Å². The third-order valence-corrected chi connectivity index (χ3v) is 5.01. The second-order valence-electron chi connectivity index (χ2n) is 7.11. The van der Waals surface area contributed by atoms with Crippen LogP contribution >= 0.6 is 0 Å². The van der Waals surface area contributed by atoms with Gasteiger partial charge in [0.1, 0.15) is 0 Å². The smallest absolute Gasteiger partial charge is 0.241 e. The van der Waals surface area contributed by atoms with Gasteiger partial charge in [-0.1, -0.05) is 6.42 Å². The number of fused-ring (bicyclic) bond motifs is 1. The molecular weight excluding hydrogens is 302 g/mol. The van der Waals surface area contributed by atoms with Crippen LogP contribution in [-0.4, -0.2) is 35.3 Å². The number of hydrogen-bond donors (Lipinski definition) is 2. The molecule has 24 heavy (non-hydrogen) atoms. The zero-order chi connectivity index (χ0) is 17.1. The van der Waals surface area contributed by atoms with Gasteiger partial charge in [0.15, 0.2) is 0 Å². The summed E-state index contributed by atoms with van der Waals surface area (Å²) in [4.78, 5) is 26.7. The highest BCUT2D eigenvalue weighted by Crippen LogP contribution is 2.26. The van der Waals surface area contributed by atoms with Gasteiger partial charge in [0.25, 0.3) is 0 Å². The zero-order valence-electron chi connectivity index (χ0n) is 14.6. The molecule has 2 aliphatic heterocycles. The quantitative estimate of drug-likeness (QED) is 0.895. The van der Waals surface area contributed by atoms with Gasteiger partial charge in [-0.15, -0.1) is 0 Å². The number of likely N-dealkylation sites (tertiary alicyclic amines) is 1. The Hall–Kier alpha value is -1.88. The summed E-state index contributed by atoms with van der Waals surface area (Å²) in [6.45, 7) is 5.29. The lowest BCUT2D eigenvalue weighted by molar-refractivity contribution is -0.123. The predicted molar refractivity (Wildman–Crippen MR) is 96.1 cm³/mol. The van der Waals surface area contributed by atoms with Crippen LogP contribution < -0.4 is 10.6 Å². The Morgan fingerprint density at radius 2 is 2.08 bits per heavy atom. The van der Waals surface area contributed by atoms with E-state index in [-0.39, 0.29) is 17.9 Å². The van der Waals surface area contributed by atoms with E-state index in [0.717, 1.165) is 49.2 Å². The average molecular weight is 329 g/mol. The summed E-state index contributed by atoms with van der Waals surface area (Å²) in [6, 6.07) is 6.11. The van der Waals surface area contributed by atoms with Gasteiger partial charge in [-0.2, -0.15) is 0 Å². The number of benzene rings is 1. The zero-order valence-corrected chi connectivity index (χ0v) is 14.6. The van der Waals surface area contributed by atoms with Crippen molar-refractivity contribution in [3.8, 4) is 0 Å². The van der Waals surface area contributed by atoms with E-state index in [2.05, 4.69) is 29.4 Å². The fourth-order valence-electron chi connectivity index (χ4n) is 3.73. The Balaban J connectivity index is 1.72. The van der Waals surface area contributed by atoms with Crippen LogP contribution in [-0.2, 0) is 16.0 Å². The molecule has 130 valence electrons. The highest BCUT2D eigenvalue weighted by atomic mass is 16.2. The van der Waals surface area contributed by atoms with E-state index in [1.54, 1.807) is 0 Å². The third kappa shape index (κ3) is 3.78. The minimum absolute atomic E-state index is 0.0442. The Bertz CT molecular complexity index is 627. The predicted octanol–water partition coefficient (Wildman–Crippen LogP) is 3.16. The van der Waals surface area contributed by atoms with E-state index >= 15 is 0 Å². The molecule has 0 radical (unpaired) electrons. The molecule has 3 rings (SSSR count). The lowest BCUT2D eigenvalue weighted by Crippen LogP contribution is -2.50. The number of amides is 2. The van der Waals surface area contributed by atoms with Crippen LogP contribution in [0.3, 0.4) is 0 Å². The van der Waals surface area contributed by atoms with Crippen LogP contribution in [0.25, 0.3) is 0 Å². The van der Waals surface area contributed by atoms with Crippen molar-refractivity contribution >= 4 is 23.2 Å². The summed E-state index contributed by atoms with van der Waals surface area (Å²) < 4.78 is 0. The Kier molecular flexibility index (Phi) is 5.19. The van der Waals surface area contributed by atoms with Crippen molar-refractivity contribution in [2.45, 2.75) is 64.5 Å². The highest BCUT2D eigenvalue weighted by Gasteiger charge is 2.30. The molecule has 1 saturated heterocycles. The molecular formula is C19H27N3O2. The van der Waals surface area contributed by atoms with Crippen LogP contribution in [0.1, 0.15) is 51.5 Å². The normalized spacial score (nSPS) is 21.8. The monoisotopic (exact) mass is 329 g/mol. The average Bonchev–Trinajstić information content (AvgIpc) is 2.75. The van der Waals surface area contributed by atoms with Crippen LogP contribution in [0, 0.1) is 0 Å². The molecule has 2 amide bonds. The highest BCUT2D eigenvalue weighted by molar-refractivity contribution is 5.96. The fraction of sp³-hybridized carbons (Fsp3) is 0.579. The maximum absolute atomic E-state index is 12.7. The maximum Gasteiger partial charge on any atom is 0.241 e. The molecule has 0 spiro atoms. The molecule has 1 aromatic carbocycles. The number of piperidine rings is 1. The van der Waals surface area contributed by atoms with Crippen LogP contribution in [0.5, 0.6) is 0 Å². The molecule has 1 aromatic rings. The summed E-state index contributed by atoms with van der Waals surface area (Å²) in [7, 11) is 0. The molecule has 2 aliphatic rings. The summed E-state index contributed by atoms with van der Waals surface area (Å²) in [5.74, 6) is 0.154. The number of aryl methyl sites for hydroxylation is 1. The summed E-state index contributed by atoms with van der Waals surface area (Å²) >= 11 is 0. The standard InChI is InChI=1S/C19H27N3O2/c1-13(2)22-11-4-3-7-17(22)19(24)20-15-9-10-16-14(12-15)6-5-8-18(23)21-16/h9-10,12-13,17H,3-8,11H2,1-2H3,(H,20,24)(H,21,23)/t17-/m1/s1. The second-order valence-corrected chi connectivity index (χ2v) is 7.11. The molecule has 1 atom stereocenters. The molecule has 0 unspecified atom stereocenters. The van der Waals surface area contributed by atoms with Gasteiger partial charge in [0.2, 0.25) is 11.8 Å². The minimum Gasteiger partial charge on any atom is -0.326 e. The van der Waals surface area contributed by atoms with Crippen molar-refractivity contribution in [2.75, 3.05) is 17.2 Å². The molecule has 0 aliphatic carbocycles. The van der Waals surface area contributed by atoms with Crippen molar-refractivity contribution in [3.05, 3.63) is 23.8 Å². The minimum atomic E-state index is -0.0442. The lowest BCUT2D eigenvalue weighted by atomic mass is 9.99. The first-order valence-corrected chi connectivity index (χ1v) is 9.04. The molecule has 0 bridgehead atoms. The van der Waals surface area contributed by atoms with Gasteiger partial charge in [-0.05, 0) is 69.8 Å². The SMILES string of the molecule is CC(C)N1CCCC[C@@H]1C(=O)Nc1ccc2c(c1)CCCC(=O)N2. The molecule has 5 heteroatoms. The molecule has 2 N–H and O–H groups in total. The number of rotatable bonds is 3. The number of hydrogen-bond acceptors (Lipinski definition) is 3. The topological polar surface area (TPSA) is 61.4 Å². The molecule has 5 nitrogen and oxygen atoms in total. The van der Waals surface area contributed by atoms with E-state index in [1.165, 1.54) is 6.42 Å². The van der Waals surface area contributed by atoms with Gasteiger partial charge >= 0.3 is 0 Å². The van der Waals surface area contributed by atoms with Gasteiger partial charge in [0, 0.05) is 23.8 Å². The molecule has 1 fully saturated rings. The number of anilines is 2. The largest absolute Gasteiger partial charge is 0.326 e. The van der Waals surface area contributed by atoms with E-state index in [4.69, 9.17) is 0 Å². The summed E-state index contributed by atoms with van der Waals surface area (Å²) in [5, 5.41) is 6.01. The first kappa shape index (κ1) is 17.0. The summed E-state index contributed by atoms with van der Waals surface area (Å²) in [5.41, 5.74) is 2.80. The van der Waals surface area contributed by atoms with Crippen molar-refractivity contribution in [1.82, 2.24) is 4.90 Å². The molecule has 2 heterocycles. The van der Waals surface area contributed by atoms with E-state index in [9.17, 15) is 9.59 Å². The second kappa shape index (κ2) is 7.34. The van der Waals surface area contributed by atoms with Crippen molar-refractivity contribution in [2.24, 2.45) is 0 Å². The Labute approximate surface area is 143 Å². The third-order valence-electron chi connectivity index (χ3n) is 5.01. The fourth-order valence-corrected chi connectivity index (χ4v) is 3.73. The summed E-state index contributed by atoms with van der Waals surface area (Å²) in [6.07, 6.45) is 5.46. The van der Waals surface area contributed by atoms with E-state index < -0.39 is 0 Å². The Morgan fingerprint density at radius 3 is 2.88 bits per heavy atom. The number of carbonyl (C=O) groups excluding carboxylic acids is 2. The van der Waals surface area contributed by atoms with Crippen molar-refractivity contribution < 1.29 is 9.59 Å². The van der Waals surface area contributed by atoms with Crippen LogP contribution in [0.2, 0.25) is 0 Å². The molecule has 0 aromatic heterocycles. The first-order chi connectivity index (χ1) is 11.5. The number of carbonyl (C=O) groups is 2. The maximum atomic E-state index is 12.7. The van der Waals surface area contributed by atoms with Gasteiger partial charge < -0.3 is 10.6 Å². The number of nitrogens with zero attached hydrogens (tertiary/aromatic N) is 1. The first-order valence-electron chi connectivity index (χ1n) is 9.04. The van der Waals surface area contributed by atoms with E-state index in [0.29, 0.717) is 12.5 Å². The van der Waals surface area contributed by atoms with Crippen LogP contribution in [0.4, 0.5) is 11.4 Å². The lowest BCUT2D eigenvalue weighted by Gasteiger charge is -2.37. The van der Waals surface area contributed by atoms with Gasteiger partial charge in [0.05, 0.1) is 6.04 Å². The van der Waals surface area contributed by atoms with Crippen molar-refractivity contribution in [1.29, 1.82) is 0 Å². The Morgan fingerprint density at radius 1 is 1.25 bits per heavy atom. The van der Waals surface area contributed by atoms with E-state index in [1.807, 2.05) is 18.2 Å². The number of nitrogens with one attached hydrogen (secondary N) is 2. The van der Waals surface area contributed by atoms with Crippen LogP contribution in [0.15, 0.2) is 18.2 Å². The van der Waals surface area contributed by atoms with Gasteiger partial charge in [-0.25, -0.2) is 0 Å².